The van der Waals surface area contributed by atoms with Gasteiger partial charge in [-0.25, -0.2) is 4.39 Å². The van der Waals surface area contributed by atoms with Gasteiger partial charge in [-0.15, -0.1) is 0 Å². The van der Waals surface area contributed by atoms with Crippen LogP contribution in [0.25, 0.3) is 0 Å². The molecule has 1 heterocycles. The Morgan fingerprint density at radius 1 is 1.25 bits per heavy atom. The molecule has 1 aromatic carbocycles. The summed E-state index contributed by atoms with van der Waals surface area (Å²) < 4.78 is 13.3. The standard InChI is InChI=1S/C15H13FN2O2/c16-13-5-4-9(6-10(13)7-17)8-18-14(19)11-2-1-3-12(11)15(18)20/h4-6,11-12H,1-3,8H2. The fourth-order valence-corrected chi connectivity index (χ4v) is 3.16. The molecule has 0 spiro atoms. The summed E-state index contributed by atoms with van der Waals surface area (Å²) in [6, 6.07) is 5.85. The SMILES string of the molecule is N#Cc1cc(CN2C(=O)C3CCCC3C2=O)ccc1F. The number of benzene rings is 1. The molecule has 0 bridgehead atoms. The van der Waals surface area contributed by atoms with E-state index in [1.165, 1.54) is 23.1 Å². The van der Waals surface area contributed by atoms with E-state index in [2.05, 4.69) is 0 Å². The number of carbonyl (C=O) groups is 2. The molecule has 2 atom stereocenters. The third kappa shape index (κ3) is 1.88. The molecular weight excluding hydrogens is 259 g/mol. The quantitative estimate of drug-likeness (QED) is 0.773. The zero-order valence-corrected chi connectivity index (χ0v) is 10.8. The summed E-state index contributed by atoms with van der Waals surface area (Å²) in [6.07, 6.45) is 2.48. The van der Waals surface area contributed by atoms with Gasteiger partial charge >= 0.3 is 0 Å². The van der Waals surface area contributed by atoms with Crippen molar-refractivity contribution in [3.63, 3.8) is 0 Å². The van der Waals surface area contributed by atoms with Crippen LogP contribution >= 0.6 is 0 Å². The molecule has 20 heavy (non-hydrogen) atoms. The minimum atomic E-state index is -0.591. The number of likely N-dealkylation sites (tertiary alicyclic amines) is 1. The van der Waals surface area contributed by atoms with E-state index >= 15 is 0 Å². The molecule has 102 valence electrons. The highest BCUT2D eigenvalue weighted by Gasteiger charge is 2.49. The highest BCUT2D eigenvalue weighted by molar-refractivity contribution is 6.05. The molecule has 4 nitrogen and oxygen atoms in total. The Bertz CT molecular complexity index is 613. The van der Waals surface area contributed by atoms with Gasteiger partial charge < -0.3 is 0 Å². The summed E-state index contributed by atoms with van der Waals surface area (Å²) in [5.74, 6) is -1.18. The average Bonchev–Trinajstić information content (AvgIpc) is 3.01. The Hall–Kier alpha value is -2.22. The predicted molar refractivity (Wildman–Crippen MR) is 67.5 cm³/mol. The maximum atomic E-state index is 13.3. The van der Waals surface area contributed by atoms with Gasteiger partial charge in [0.05, 0.1) is 23.9 Å². The van der Waals surface area contributed by atoms with Gasteiger partial charge in [0.15, 0.2) is 0 Å². The van der Waals surface area contributed by atoms with Crippen LogP contribution in [-0.4, -0.2) is 16.7 Å². The second kappa shape index (κ2) is 4.71. The van der Waals surface area contributed by atoms with Gasteiger partial charge in [-0.1, -0.05) is 12.5 Å². The van der Waals surface area contributed by atoms with Gasteiger partial charge in [0.25, 0.3) is 0 Å². The van der Waals surface area contributed by atoms with Crippen LogP contribution in [-0.2, 0) is 16.1 Å². The Labute approximate surface area is 115 Å². The number of nitriles is 1. The average molecular weight is 272 g/mol. The van der Waals surface area contributed by atoms with Gasteiger partial charge in [-0.3, -0.25) is 14.5 Å². The molecule has 5 heteroatoms. The van der Waals surface area contributed by atoms with E-state index in [0.29, 0.717) is 5.56 Å². The van der Waals surface area contributed by atoms with Crippen LogP contribution in [0.5, 0.6) is 0 Å². The Morgan fingerprint density at radius 3 is 2.50 bits per heavy atom. The van der Waals surface area contributed by atoms with Crippen molar-refractivity contribution >= 4 is 11.8 Å². The largest absolute Gasteiger partial charge is 0.278 e. The van der Waals surface area contributed by atoms with E-state index in [9.17, 15) is 14.0 Å². The molecule has 0 N–H and O–H groups in total. The monoisotopic (exact) mass is 272 g/mol. The molecule has 2 unspecified atom stereocenters. The molecule has 1 saturated carbocycles. The number of carbonyl (C=O) groups excluding carboxylic acids is 2. The minimum Gasteiger partial charge on any atom is -0.278 e. The third-order valence-corrected chi connectivity index (χ3v) is 4.17. The second-order valence-corrected chi connectivity index (χ2v) is 5.33. The number of hydrogen-bond donors (Lipinski definition) is 0. The molecule has 1 aliphatic heterocycles. The highest BCUT2D eigenvalue weighted by Crippen LogP contribution is 2.40. The van der Waals surface area contributed by atoms with Crippen molar-refractivity contribution < 1.29 is 14.0 Å². The first kappa shape index (κ1) is 12.8. The molecule has 1 saturated heterocycles. The summed E-state index contributed by atoms with van der Waals surface area (Å²) in [6.45, 7) is 0.125. The van der Waals surface area contributed by atoms with Crippen molar-refractivity contribution in [1.82, 2.24) is 4.90 Å². The zero-order chi connectivity index (χ0) is 14.3. The number of amides is 2. The van der Waals surface area contributed by atoms with E-state index in [0.717, 1.165) is 19.3 Å². The number of rotatable bonds is 2. The van der Waals surface area contributed by atoms with E-state index in [1.807, 2.05) is 0 Å². The summed E-state index contributed by atoms with van der Waals surface area (Å²) in [5, 5.41) is 8.80. The number of hydrogen-bond acceptors (Lipinski definition) is 3. The van der Waals surface area contributed by atoms with Crippen LogP contribution in [0.3, 0.4) is 0 Å². The van der Waals surface area contributed by atoms with E-state index in [1.54, 1.807) is 6.07 Å². The molecular formula is C15H13FN2O2. The van der Waals surface area contributed by atoms with Gasteiger partial charge in [0.2, 0.25) is 11.8 Å². The van der Waals surface area contributed by atoms with E-state index < -0.39 is 5.82 Å². The molecule has 0 aromatic heterocycles. The first-order valence-corrected chi connectivity index (χ1v) is 6.65. The summed E-state index contributed by atoms with van der Waals surface area (Å²) >= 11 is 0. The normalized spacial score (nSPS) is 24.9. The smallest absolute Gasteiger partial charge is 0.233 e. The van der Waals surface area contributed by atoms with Crippen LogP contribution in [0.4, 0.5) is 4.39 Å². The minimum absolute atomic E-state index is 0.0678. The Balaban J connectivity index is 1.83. The van der Waals surface area contributed by atoms with Crippen LogP contribution in [0, 0.1) is 29.0 Å². The lowest BCUT2D eigenvalue weighted by atomic mass is 10.00. The first-order valence-electron chi connectivity index (χ1n) is 6.65. The van der Waals surface area contributed by atoms with Crippen molar-refractivity contribution in [3.8, 4) is 6.07 Å². The predicted octanol–water partition coefficient (Wildman–Crippen LogP) is 1.98. The van der Waals surface area contributed by atoms with Crippen molar-refractivity contribution in [2.75, 3.05) is 0 Å². The zero-order valence-electron chi connectivity index (χ0n) is 10.8. The maximum absolute atomic E-state index is 13.3. The highest BCUT2D eigenvalue weighted by atomic mass is 19.1. The number of imide groups is 1. The van der Waals surface area contributed by atoms with Gasteiger partial charge in [0.1, 0.15) is 11.9 Å². The van der Waals surface area contributed by atoms with E-state index in [4.69, 9.17) is 5.26 Å². The maximum Gasteiger partial charge on any atom is 0.233 e. The van der Waals surface area contributed by atoms with Crippen molar-refractivity contribution in [2.45, 2.75) is 25.8 Å². The number of fused-ring (bicyclic) bond motifs is 1. The third-order valence-electron chi connectivity index (χ3n) is 4.17. The lowest BCUT2D eigenvalue weighted by Crippen LogP contribution is -2.31. The van der Waals surface area contributed by atoms with Crippen LogP contribution in [0.15, 0.2) is 18.2 Å². The Morgan fingerprint density at radius 2 is 1.90 bits per heavy atom. The topological polar surface area (TPSA) is 61.2 Å². The molecule has 2 fully saturated rings. The second-order valence-electron chi connectivity index (χ2n) is 5.33. The summed E-state index contributed by atoms with van der Waals surface area (Å²) in [5.41, 5.74) is 0.534. The fourth-order valence-electron chi connectivity index (χ4n) is 3.16. The van der Waals surface area contributed by atoms with Crippen LogP contribution < -0.4 is 0 Å². The van der Waals surface area contributed by atoms with Crippen molar-refractivity contribution in [2.24, 2.45) is 11.8 Å². The van der Waals surface area contributed by atoms with Gasteiger partial charge in [-0.05, 0) is 30.5 Å². The summed E-state index contributed by atoms with van der Waals surface area (Å²) in [7, 11) is 0. The molecule has 2 amide bonds. The Kier molecular flexibility index (Phi) is 3.01. The first-order chi connectivity index (χ1) is 9.61. The number of nitrogens with zero attached hydrogens (tertiary/aromatic N) is 2. The van der Waals surface area contributed by atoms with Gasteiger partial charge in [-0.2, -0.15) is 5.26 Å². The van der Waals surface area contributed by atoms with E-state index in [-0.39, 0.29) is 35.8 Å². The lowest BCUT2D eigenvalue weighted by Gasteiger charge is -2.16. The van der Waals surface area contributed by atoms with Gasteiger partial charge in [0, 0.05) is 0 Å². The molecule has 1 aliphatic carbocycles. The molecule has 1 aromatic rings. The lowest BCUT2D eigenvalue weighted by molar-refractivity contribution is -0.141. The van der Waals surface area contributed by atoms with Crippen LogP contribution in [0.1, 0.15) is 30.4 Å². The molecule has 3 rings (SSSR count). The van der Waals surface area contributed by atoms with Crippen molar-refractivity contribution in [1.29, 1.82) is 5.26 Å². The fraction of sp³-hybridized carbons (Fsp3) is 0.400. The van der Waals surface area contributed by atoms with Crippen molar-refractivity contribution in [3.05, 3.63) is 35.1 Å². The number of halogens is 1. The summed E-state index contributed by atoms with van der Waals surface area (Å²) in [4.78, 5) is 25.6. The molecule has 0 radical (unpaired) electrons. The van der Waals surface area contributed by atoms with Crippen LogP contribution in [0.2, 0.25) is 0 Å². The molecule has 2 aliphatic rings.